The molecule has 0 aliphatic rings. The van der Waals surface area contributed by atoms with Crippen LogP contribution < -0.4 is 14.2 Å². The van der Waals surface area contributed by atoms with Crippen LogP contribution in [0.1, 0.15) is 20.3 Å². The third kappa shape index (κ3) is 5.45. The number of nitrogens with zero attached hydrogens (tertiary/aromatic N) is 2. The minimum absolute atomic E-state index is 0.165. The predicted octanol–water partition coefficient (Wildman–Crippen LogP) is 4.13. The number of hydrogen-bond acceptors (Lipinski definition) is 6. The van der Waals surface area contributed by atoms with Gasteiger partial charge in [-0.1, -0.05) is 19.1 Å². The Morgan fingerprint density at radius 1 is 0.862 bits per heavy atom. The van der Waals surface area contributed by atoms with Crippen molar-refractivity contribution >= 4 is 15.7 Å². The summed E-state index contributed by atoms with van der Waals surface area (Å²) in [6.07, 6.45) is 0.900. The van der Waals surface area contributed by atoms with E-state index in [1.807, 2.05) is 19.9 Å². The van der Waals surface area contributed by atoms with Gasteiger partial charge in [0.15, 0.2) is 0 Å². The molecule has 7 nitrogen and oxygen atoms in total. The van der Waals surface area contributed by atoms with E-state index in [0.717, 1.165) is 12.0 Å². The van der Waals surface area contributed by atoms with Gasteiger partial charge in [0.05, 0.1) is 23.8 Å². The Morgan fingerprint density at radius 3 is 2.17 bits per heavy atom. The fourth-order valence-electron chi connectivity index (χ4n) is 2.56. The molecule has 0 amide bonds. The zero-order valence-electron chi connectivity index (χ0n) is 16.3. The van der Waals surface area contributed by atoms with Gasteiger partial charge >= 0.3 is 0 Å². The van der Waals surface area contributed by atoms with E-state index in [1.165, 1.54) is 12.1 Å². The van der Waals surface area contributed by atoms with Crippen LogP contribution in [0.2, 0.25) is 0 Å². The van der Waals surface area contributed by atoms with Crippen molar-refractivity contribution in [2.45, 2.75) is 25.2 Å². The number of aromatic nitrogens is 2. The van der Waals surface area contributed by atoms with Gasteiger partial charge in [-0.05, 0) is 55.8 Å². The number of hydrogen-bond donors (Lipinski definition) is 1. The van der Waals surface area contributed by atoms with Crippen molar-refractivity contribution < 1.29 is 17.9 Å². The third-order valence-corrected chi connectivity index (χ3v) is 5.37. The first kappa shape index (κ1) is 20.6. The van der Waals surface area contributed by atoms with Crippen molar-refractivity contribution in [3.63, 3.8) is 0 Å². The van der Waals surface area contributed by atoms with Gasteiger partial charge in [0.25, 0.3) is 10.0 Å². The van der Waals surface area contributed by atoms with Crippen LogP contribution >= 0.6 is 0 Å². The third-order valence-electron chi connectivity index (χ3n) is 3.97. The normalized spacial score (nSPS) is 11.1. The molecule has 1 N–H and O–H groups in total. The van der Waals surface area contributed by atoms with E-state index in [1.54, 1.807) is 42.5 Å². The lowest BCUT2D eigenvalue weighted by Crippen LogP contribution is -2.12. The summed E-state index contributed by atoms with van der Waals surface area (Å²) < 4.78 is 38.5. The number of anilines is 1. The largest absolute Gasteiger partial charge is 0.494 e. The van der Waals surface area contributed by atoms with Gasteiger partial charge < -0.3 is 9.47 Å². The first-order valence-corrected chi connectivity index (χ1v) is 10.8. The fourth-order valence-corrected chi connectivity index (χ4v) is 3.62. The highest BCUT2D eigenvalue weighted by molar-refractivity contribution is 7.92. The molecule has 0 bridgehead atoms. The first-order chi connectivity index (χ1) is 14.0. The lowest BCUT2D eigenvalue weighted by molar-refractivity contribution is 0.302. The minimum atomic E-state index is -3.69. The highest BCUT2D eigenvalue weighted by Gasteiger charge is 2.14. The quantitative estimate of drug-likeness (QED) is 0.567. The van der Waals surface area contributed by atoms with Crippen LogP contribution in [0.3, 0.4) is 0 Å². The maximum Gasteiger partial charge on any atom is 0.261 e. The number of benzene rings is 2. The molecular weight excluding hydrogens is 390 g/mol. The molecule has 1 heterocycles. The highest BCUT2D eigenvalue weighted by Crippen LogP contribution is 2.23. The second-order valence-corrected chi connectivity index (χ2v) is 7.87. The Labute approximate surface area is 170 Å². The molecule has 0 saturated heterocycles. The van der Waals surface area contributed by atoms with E-state index in [-0.39, 0.29) is 4.90 Å². The fraction of sp³-hybridized carbons (Fsp3) is 0.238. The molecule has 0 radical (unpaired) electrons. The van der Waals surface area contributed by atoms with E-state index < -0.39 is 10.0 Å². The standard InChI is InChI=1S/C21H23N3O4S/c1-3-15-28-21-14-13-20(22-23-21)16-5-7-17(8-6-16)24-29(25,26)19-11-9-18(10-12-19)27-4-2/h5-14,24H,3-4,15H2,1-2H3. The zero-order valence-corrected chi connectivity index (χ0v) is 17.1. The summed E-state index contributed by atoms with van der Waals surface area (Å²) in [6.45, 7) is 5.01. The highest BCUT2D eigenvalue weighted by atomic mass is 32.2. The van der Waals surface area contributed by atoms with Crippen LogP contribution in [0.4, 0.5) is 5.69 Å². The molecule has 152 valence electrons. The predicted molar refractivity (Wildman–Crippen MR) is 112 cm³/mol. The Kier molecular flexibility index (Phi) is 6.66. The summed E-state index contributed by atoms with van der Waals surface area (Å²) in [6, 6.07) is 16.8. The van der Waals surface area contributed by atoms with Crippen molar-refractivity contribution in [2.24, 2.45) is 0 Å². The van der Waals surface area contributed by atoms with Gasteiger partial charge in [0.1, 0.15) is 5.75 Å². The van der Waals surface area contributed by atoms with Crippen LogP contribution in [0.5, 0.6) is 11.6 Å². The molecule has 0 unspecified atom stereocenters. The molecule has 0 atom stereocenters. The molecule has 1 aromatic heterocycles. The number of sulfonamides is 1. The Bertz CT molecular complexity index is 1020. The Morgan fingerprint density at radius 2 is 1.59 bits per heavy atom. The average Bonchev–Trinajstić information content (AvgIpc) is 2.74. The van der Waals surface area contributed by atoms with Crippen LogP contribution in [0.25, 0.3) is 11.3 Å². The van der Waals surface area contributed by atoms with Crippen molar-refractivity contribution in [3.8, 4) is 22.9 Å². The van der Waals surface area contributed by atoms with E-state index in [4.69, 9.17) is 9.47 Å². The van der Waals surface area contributed by atoms with Crippen molar-refractivity contribution in [1.82, 2.24) is 10.2 Å². The van der Waals surface area contributed by atoms with Crippen LogP contribution in [0, 0.1) is 0 Å². The topological polar surface area (TPSA) is 90.4 Å². The van der Waals surface area contributed by atoms with Crippen LogP contribution in [0.15, 0.2) is 65.6 Å². The van der Waals surface area contributed by atoms with Gasteiger partial charge in [0, 0.05) is 17.3 Å². The summed E-state index contributed by atoms with van der Waals surface area (Å²) in [5, 5.41) is 8.19. The number of rotatable bonds is 9. The van der Waals surface area contributed by atoms with Gasteiger partial charge in [0.2, 0.25) is 5.88 Å². The number of nitrogens with one attached hydrogen (secondary N) is 1. The Balaban J connectivity index is 1.69. The van der Waals surface area contributed by atoms with Crippen molar-refractivity contribution in [2.75, 3.05) is 17.9 Å². The van der Waals surface area contributed by atoms with Crippen molar-refractivity contribution in [3.05, 3.63) is 60.7 Å². The maximum atomic E-state index is 12.6. The van der Waals surface area contributed by atoms with E-state index in [9.17, 15) is 8.42 Å². The minimum Gasteiger partial charge on any atom is -0.494 e. The van der Waals surface area contributed by atoms with Gasteiger partial charge in [-0.2, -0.15) is 0 Å². The average molecular weight is 413 g/mol. The molecule has 3 rings (SSSR count). The lowest BCUT2D eigenvalue weighted by atomic mass is 10.1. The SMILES string of the molecule is CCCOc1ccc(-c2ccc(NS(=O)(=O)c3ccc(OCC)cc3)cc2)nn1. The first-order valence-electron chi connectivity index (χ1n) is 9.34. The molecule has 0 spiro atoms. The summed E-state index contributed by atoms with van der Waals surface area (Å²) in [5.41, 5.74) is 1.96. The number of ether oxygens (including phenoxy) is 2. The van der Waals surface area contributed by atoms with Gasteiger partial charge in [-0.3, -0.25) is 4.72 Å². The second-order valence-electron chi connectivity index (χ2n) is 6.19. The van der Waals surface area contributed by atoms with Crippen LogP contribution in [-0.2, 0) is 10.0 Å². The second kappa shape index (κ2) is 9.38. The summed E-state index contributed by atoms with van der Waals surface area (Å²) in [7, 11) is -3.69. The molecule has 0 aliphatic carbocycles. The van der Waals surface area contributed by atoms with E-state index in [0.29, 0.717) is 36.2 Å². The van der Waals surface area contributed by atoms with E-state index >= 15 is 0 Å². The molecular formula is C21H23N3O4S. The van der Waals surface area contributed by atoms with E-state index in [2.05, 4.69) is 14.9 Å². The molecule has 2 aromatic carbocycles. The lowest BCUT2D eigenvalue weighted by Gasteiger charge is -2.10. The molecule has 0 aliphatic heterocycles. The van der Waals surface area contributed by atoms with Gasteiger partial charge in [-0.25, -0.2) is 8.42 Å². The van der Waals surface area contributed by atoms with Gasteiger partial charge in [-0.15, -0.1) is 10.2 Å². The van der Waals surface area contributed by atoms with Crippen LogP contribution in [-0.4, -0.2) is 31.8 Å². The Hall–Kier alpha value is -3.13. The maximum absolute atomic E-state index is 12.6. The summed E-state index contributed by atoms with van der Waals surface area (Å²) >= 11 is 0. The smallest absolute Gasteiger partial charge is 0.261 e. The summed E-state index contributed by atoms with van der Waals surface area (Å²) in [4.78, 5) is 0.165. The van der Waals surface area contributed by atoms with Crippen molar-refractivity contribution in [1.29, 1.82) is 0 Å². The zero-order chi connectivity index (χ0) is 20.7. The molecule has 8 heteroatoms. The monoisotopic (exact) mass is 413 g/mol. The molecule has 0 fully saturated rings. The molecule has 3 aromatic rings. The summed E-state index contributed by atoms with van der Waals surface area (Å²) in [5.74, 6) is 1.11. The molecule has 0 saturated carbocycles. The molecule has 29 heavy (non-hydrogen) atoms.